The van der Waals surface area contributed by atoms with E-state index in [9.17, 15) is 22.4 Å². The van der Waals surface area contributed by atoms with Gasteiger partial charge in [0.25, 0.3) is 5.91 Å². The molecule has 0 aliphatic rings. The minimum atomic E-state index is -3.58. The van der Waals surface area contributed by atoms with Crippen LogP contribution >= 0.6 is 11.3 Å². The molecule has 7 nitrogen and oxygen atoms in total. The Kier molecular flexibility index (Phi) is 6.28. The second-order valence-corrected chi connectivity index (χ2v) is 9.37. The summed E-state index contributed by atoms with van der Waals surface area (Å²) in [5.74, 6) is -1.65. The summed E-state index contributed by atoms with van der Waals surface area (Å²) in [5.41, 5.74) is 0.842. The van der Waals surface area contributed by atoms with Crippen LogP contribution < -0.4 is 10.6 Å². The Balaban J connectivity index is 1.84. The zero-order valence-electron chi connectivity index (χ0n) is 16.1. The molecule has 0 fully saturated rings. The van der Waals surface area contributed by atoms with Crippen molar-refractivity contribution in [1.82, 2.24) is 4.98 Å². The van der Waals surface area contributed by atoms with Gasteiger partial charge in [-0.2, -0.15) is 0 Å². The van der Waals surface area contributed by atoms with E-state index >= 15 is 0 Å². The third kappa shape index (κ3) is 4.71. The molecule has 0 spiro atoms. The van der Waals surface area contributed by atoms with Crippen LogP contribution in [0.4, 0.5) is 15.2 Å². The van der Waals surface area contributed by atoms with Gasteiger partial charge in [0, 0.05) is 23.6 Å². The Morgan fingerprint density at radius 2 is 1.87 bits per heavy atom. The zero-order chi connectivity index (χ0) is 21.9. The molecule has 3 rings (SSSR count). The van der Waals surface area contributed by atoms with Crippen LogP contribution in [-0.2, 0) is 14.6 Å². The van der Waals surface area contributed by atoms with Crippen molar-refractivity contribution < 1.29 is 22.4 Å². The van der Waals surface area contributed by atoms with E-state index in [1.54, 1.807) is 23.6 Å². The van der Waals surface area contributed by atoms with Gasteiger partial charge in [-0.15, -0.1) is 11.3 Å². The lowest BCUT2D eigenvalue weighted by atomic mass is 10.1. The first-order chi connectivity index (χ1) is 14.2. The predicted octanol–water partition coefficient (Wildman–Crippen LogP) is 3.95. The molecule has 2 N–H and O–H groups in total. The number of hydrogen-bond acceptors (Lipinski definition) is 6. The van der Waals surface area contributed by atoms with Crippen LogP contribution in [0.3, 0.4) is 0 Å². The van der Waals surface area contributed by atoms with Gasteiger partial charge in [-0.05, 0) is 30.3 Å². The van der Waals surface area contributed by atoms with Crippen LogP contribution in [-0.4, -0.2) is 31.0 Å². The second-order valence-electron chi connectivity index (χ2n) is 6.27. The highest BCUT2D eigenvalue weighted by Gasteiger charge is 2.21. The normalized spacial score (nSPS) is 11.2. The average Bonchev–Trinajstić information content (AvgIpc) is 3.15. The van der Waals surface area contributed by atoms with Crippen LogP contribution in [0, 0.1) is 5.82 Å². The SMILES string of the molecule is CCS(=O)(=O)c1ccccc1C(=O)Nc1nc(-c2ccc(NC(C)=O)cc2F)cs1. The predicted molar refractivity (Wildman–Crippen MR) is 114 cm³/mol. The standard InChI is InChI=1S/C20H18FN3O4S2/c1-3-30(27,28)18-7-5-4-6-15(18)19(26)24-20-23-17(11-29-20)14-9-8-13(10-16(14)21)22-12(2)25/h4-11H,3H2,1-2H3,(H,22,25)(H,23,24,26). The van der Waals surface area contributed by atoms with Crippen LogP contribution in [0.15, 0.2) is 52.7 Å². The summed E-state index contributed by atoms with van der Waals surface area (Å²) in [7, 11) is -3.58. The molecule has 10 heteroatoms. The monoisotopic (exact) mass is 447 g/mol. The molecule has 2 aromatic carbocycles. The first kappa shape index (κ1) is 21.6. The van der Waals surface area contributed by atoms with Gasteiger partial charge in [-0.25, -0.2) is 17.8 Å². The van der Waals surface area contributed by atoms with Gasteiger partial charge in [0.1, 0.15) is 5.82 Å². The van der Waals surface area contributed by atoms with Crippen LogP contribution in [0.5, 0.6) is 0 Å². The van der Waals surface area contributed by atoms with E-state index in [0.717, 1.165) is 11.3 Å². The third-order valence-corrected chi connectivity index (χ3v) is 6.68. The number of aromatic nitrogens is 1. The first-order valence-corrected chi connectivity index (χ1v) is 11.4. The van der Waals surface area contributed by atoms with E-state index in [-0.39, 0.29) is 32.8 Å². The van der Waals surface area contributed by atoms with E-state index in [0.29, 0.717) is 11.4 Å². The average molecular weight is 448 g/mol. The third-order valence-electron chi connectivity index (χ3n) is 4.14. The summed E-state index contributed by atoms with van der Waals surface area (Å²) in [6, 6.07) is 10.1. The Hall–Kier alpha value is -3.11. The van der Waals surface area contributed by atoms with E-state index in [2.05, 4.69) is 15.6 Å². The van der Waals surface area contributed by atoms with Crippen molar-refractivity contribution >= 4 is 43.8 Å². The molecule has 0 saturated heterocycles. The smallest absolute Gasteiger partial charge is 0.258 e. The van der Waals surface area contributed by atoms with Crippen LogP contribution in [0.2, 0.25) is 0 Å². The molecule has 0 atom stereocenters. The first-order valence-electron chi connectivity index (χ1n) is 8.87. The summed E-state index contributed by atoms with van der Waals surface area (Å²) in [6.07, 6.45) is 0. The Labute approximate surface area is 176 Å². The molecule has 0 saturated carbocycles. The fourth-order valence-corrected chi connectivity index (χ4v) is 4.50. The number of anilines is 2. The number of amides is 2. The fraction of sp³-hybridized carbons (Fsp3) is 0.150. The van der Waals surface area contributed by atoms with E-state index in [1.807, 2.05) is 0 Å². The highest BCUT2D eigenvalue weighted by atomic mass is 32.2. The number of thiazole rings is 1. The van der Waals surface area contributed by atoms with Gasteiger partial charge >= 0.3 is 0 Å². The maximum Gasteiger partial charge on any atom is 0.258 e. The van der Waals surface area contributed by atoms with Gasteiger partial charge in [0.05, 0.1) is 21.9 Å². The number of hydrogen-bond donors (Lipinski definition) is 2. The number of halogens is 1. The minimum Gasteiger partial charge on any atom is -0.326 e. The summed E-state index contributed by atoms with van der Waals surface area (Å²) in [5, 5.41) is 6.83. The number of nitrogens with zero attached hydrogens (tertiary/aromatic N) is 1. The lowest BCUT2D eigenvalue weighted by molar-refractivity contribution is -0.114. The molecule has 1 heterocycles. The lowest BCUT2D eigenvalue weighted by Crippen LogP contribution is -2.17. The fourth-order valence-electron chi connectivity index (χ4n) is 2.70. The number of nitrogens with one attached hydrogen (secondary N) is 2. The quantitative estimate of drug-likeness (QED) is 0.595. The minimum absolute atomic E-state index is 0.0157. The Morgan fingerprint density at radius 1 is 1.13 bits per heavy atom. The maximum absolute atomic E-state index is 14.4. The van der Waals surface area contributed by atoms with Crippen molar-refractivity contribution in [3.05, 3.63) is 59.2 Å². The zero-order valence-corrected chi connectivity index (χ0v) is 17.7. The summed E-state index contributed by atoms with van der Waals surface area (Å²) in [6.45, 7) is 2.83. The number of carbonyl (C=O) groups excluding carboxylic acids is 2. The van der Waals surface area contributed by atoms with Crippen molar-refractivity contribution in [3.8, 4) is 11.3 Å². The Morgan fingerprint density at radius 3 is 2.53 bits per heavy atom. The molecule has 156 valence electrons. The molecule has 0 aliphatic carbocycles. The molecule has 2 amide bonds. The molecule has 0 bridgehead atoms. The van der Waals surface area contributed by atoms with Crippen molar-refractivity contribution in [2.45, 2.75) is 18.7 Å². The van der Waals surface area contributed by atoms with E-state index < -0.39 is 21.6 Å². The molecule has 0 aliphatic heterocycles. The van der Waals surface area contributed by atoms with Crippen LogP contribution in [0.25, 0.3) is 11.3 Å². The van der Waals surface area contributed by atoms with Gasteiger partial charge in [-0.1, -0.05) is 19.1 Å². The molecular formula is C20H18FN3O4S2. The second kappa shape index (κ2) is 8.72. The molecule has 0 radical (unpaired) electrons. The Bertz CT molecular complexity index is 1220. The van der Waals surface area contributed by atoms with E-state index in [1.165, 1.54) is 38.1 Å². The molecular weight excluding hydrogens is 429 g/mol. The number of carbonyl (C=O) groups is 2. The van der Waals surface area contributed by atoms with Crippen LogP contribution in [0.1, 0.15) is 24.2 Å². The maximum atomic E-state index is 14.4. The molecule has 30 heavy (non-hydrogen) atoms. The summed E-state index contributed by atoms with van der Waals surface area (Å²) >= 11 is 1.08. The van der Waals surface area contributed by atoms with Gasteiger partial charge in [0.15, 0.2) is 15.0 Å². The van der Waals surface area contributed by atoms with Crippen molar-refractivity contribution in [2.75, 3.05) is 16.4 Å². The number of benzene rings is 2. The number of sulfone groups is 1. The summed E-state index contributed by atoms with van der Waals surface area (Å²) in [4.78, 5) is 27.9. The van der Waals surface area contributed by atoms with Crippen molar-refractivity contribution in [2.24, 2.45) is 0 Å². The van der Waals surface area contributed by atoms with Gasteiger partial charge < -0.3 is 5.32 Å². The lowest BCUT2D eigenvalue weighted by Gasteiger charge is -2.08. The van der Waals surface area contributed by atoms with Gasteiger partial charge in [-0.3, -0.25) is 14.9 Å². The topological polar surface area (TPSA) is 105 Å². The largest absolute Gasteiger partial charge is 0.326 e. The van der Waals surface area contributed by atoms with Gasteiger partial charge in [0.2, 0.25) is 5.91 Å². The highest BCUT2D eigenvalue weighted by molar-refractivity contribution is 7.91. The van der Waals surface area contributed by atoms with Crippen molar-refractivity contribution in [3.63, 3.8) is 0 Å². The summed E-state index contributed by atoms with van der Waals surface area (Å²) < 4.78 is 38.9. The molecule has 1 aromatic heterocycles. The molecule has 0 unspecified atom stereocenters. The molecule has 3 aromatic rings. The highest BCUT2D eigenvalue weighted by Crippen LogP contribution is 2.29. The number of rotatable bonds is 6. The van der Waals surface area contributed by atoms with Crippen molar-refractivity contribution in [1.29, 1.82) is 0 Å². The van der Waals surface area contributed by atoms with E-state index in [4.69, 9.17) is 0 Å².